The van der Waals surface area contributed by atoms with Gasteiger partial charge in [0.1, 0.15) is 0 Å². The average Bonchev–Trinajstić information content (AvgIpc) is 2.29. The molecule has 2 aliphatic rings. The van der Waals surface area contributed by atoms with Gasteiger partial charge in [-0.05, 0) is 50.1 Å². The molecule has 5 heteroatoms. The van der Waals surface area contributed by atoms with Crippen molar-refractivity contribution in [3.8, 4) is 0 Å². The van der Waals surface area contributed by atoms with Gasteiger partial charge in [0.2, 0.25) is 10.0 Å². The first-order valence-electron chi connectivity index (χ1n) is 7.08. The Morgan fingerprint density at radius 1 is 1.28 bits per heavy atom. The van der Waals surface area contributed by atoms with Crippen molar-refractivity contribution in [3.05, 3.63) is 0 Å². The molecule has 18 heavy (non-hydrogen) atoms. The van der Waals surface area contributed by atoms with Crippen LogP contribution in [-0.4, -0.2) is 44.7 Å². The van der Waals surface area contributed by atoms with Crippen molar-refractivity contribution in [2.45, 2.75) is 39.5 Å². The van der Waals surface area contributed by atoms with Gasteiger partial charge in [0.15, 0.2) is 0 Å². The van der Waals surface area contributed by atoms with Crippen LogP contribution in [0.5, 0.6) is 0 Å². The van der Waals surface area contributed by atoms with E-state index >= 15 is 0 Å². The molecule has 4 nitrogen and oxygen atoms in total. The number of hydrogen-bond acceptors (Lipinski definition) is 3. The molecule has 1 atom stereocenters. The summed E-state index contributed by atoms with van der Waals surface area (Å²) in [7, 11) is -3.04. The van der Waals surface area contributed by atoms with E-state index in [2.05, 4.69) is 19.2 Å². The largest absolute Gasteiger partial charge is 0.316 e. The van der Waals surface area contributed by atoms with Crippen LogP contribution in [0.1, 0.15) is 39.5 Å². The van der Waals surface area contributed by atoms with Crippen LogP contribution in [0.25, 0.3) is 0 Å². The van der Waals surface area contributed by atoms with Gasteiger partial charge in [-0.2, -0.15) is 0 Å². The molecule has 2 fully saturated rings. The van der Waals surface area contributed by atoms with Crippen LogP contribution in [0, 0.1) is 11.3 Å². The highest BCUT2D eigenvalue weighted by Crippen LogP contribution is 2.31. The maximum absolute atomic E-state index is 12.4. The summed E-state index contributed by atoms with van der Waals surface area (Å²) < 4.78 is 26.4. The Labute approximate surface area is 111 Å². The Balaban J connectivity index is 1.90. The molecule has 0 aromatic carbocycles. The van der Waals surface area contributed by atoms with Gasteiger partial charge in [0.05, 0.1) is 5.75 Å². The summed E-state index contributed by atoms with van der Waals surface area (Å²) in [6.07, 6.45) is 4.11. The van der Waals surface area contributed by atoms with Crippen molar-refractivity contribution in [2.75, 3.05) is 31.9 Å². The monoisotopic (exact) mass is 274 g/mol. The Hall–Kier alpha value is -0.130. The van der Waals surface area contributed by atoms with Gasteiger partial charge in [-0.25, -0.2) is 12.7 Å². The third-order valence-corrected chi connectivity index (χ3v) is 6.36. The van der Waals surface area contributed by atoms with Crippen molar-refractivity contribution in [2.24, 2.45) is 11.3 Å². The number of rotatable bonds is 3. The normalized spacial score (nSPS) is 30.2. The van der Waals surface area contributed by atoms with Gasteiger partial charge in [-0.3, -0.25) is 0 Å². The fraction of sp³-hybridized carbons (Fsp3) is 1.00. The van der Waals surface area contributed by atoms with Crippen LogP contribution in [-0.2, 0) is 10.0 Å². The third-order valence-electron chi connectivity index (χ3n) is 4.31. The smallest absolute Gasteiger partial charge is 0.214 e. The molecule has 0 radical (unpaired) electrons. The molecule has 1 unspecified atom stereocenters. The van der Waals surface area contributed by atoms with Crippen molar-refractivity contribution in [3.63, 3.8) is 0 Å². The van der Waals surface area contributed by atoms with E-state index in [1.54, 1.807) is 4.31 Å². The standard InChI is InChI=1S/C13H26N2O2S/c1-13(2)5-8-15(9-6-13)18(16,17)11-12-4-3-7-14-10-12/h12,14H,3-11H2,1-2H3. The minimum Gasteiger partial charge on any atom is -0.316 e. The van der Waals surface area contributed by atoms with Crippen LogP contribution in [0.15, 0.2) is 0 Å². The zero-order valence-corrected chi connectivity index (χ0v) is 12.4. The minimum absolute atomic E-state index is 0.304. The predicted octanol–water partition coefficient (Wildman–Crippen LogP) is 1.44. The first kappa shape index (κ1) is 14.3. The third kappa shape index (κ3) is 3.68. The van der Waals surface area contributed by atoms with Crippen LogP contribution in [0.3, 0.4) is 0 Å². The van der Waals surface area contributed by atoms with Gasteiger partial charge in [-0.1, -0.05) is 13.8 Å². The summed E-state index contributed by atoms with van der Waals surface area (Å²) in [6, 6.07) is 0. The van der Waals surface area contributed by atoms with Gasteiger partial charge >= 0.3 is 0 Å². The maximum atomic E-state index is 12.4. The molecule has 0 bridgehead atoms. The maximum Gasteiger partial charge on any atom is 0.214 e. The molecule has 1 N–H and O–H groups in total. The van der Waals surface area contributed by atoms with E-state index < -0.39 is 10.0 Å². The second-order valence-electron chi connectivity index (χ2n) is 6.55. The quantitative estimate of drug-likeness (QED) is 0.847. The van der Waals surface area contributed by atoms with Crippen molar-refractivity contribution < 1.29 is 8.42 Å². The summed E-state index contributed by atoms with van der Waals surface area (Å²) in [5, 5.41) is 3.29. The minimum atomic E-state index is -3.04. The number of nitrogens with zero attached hydrogens (tertiary/aromatic N) is 1. The Morgan fingerprint density at radius 2 is 1.94 bits per heavy atom. The molecule has 2 saturated heterocycles. The zero-order valence-electron chi connectivity index (χ0n) is 11.6. The lowest BCUT2D eigenvalue weighted by Crippen LogP contribution is -2.44. The van der Waals surface area contributed by atoms with E-state index in [9.17, 15) is 8.42 Å². The van der Waals surface area contributed by atoms with Gasteiger partial charge in [-0.15, -0.1) is 0 Å². The molecule has 0 saturated carbocycles. The van der Waals surface area contributed by atoms with Crippen LogP contribution < -0.4 is 5.32 Å². The molecule has 106 valence electrons. The van der Waals surface area contributed by atoms with E-state index in [-0.39, 0.29) is 0 Å². The fourth-order valence-corrected chi connectivity index (χ4v) is 4.67. The van der Waals surface area contributed by atoms with E-state index in [0.717, 1.165) is 38.8 Å². The van der Waals surface area contributed by atoms with Crippen molar-refractivity contribution in [1.29, 1.82) is 0 Å². The summed E-state index contributed by atoms with van der Waals surface area (Å²) in [6.45, 7) is 7.75. The van der Waals surface area contributed by atoms with Crippen LogP contribution in [0.2, 0.25) is 0 Å². The van der Waals surface area contributed by atoms with Crippen LogP contribution >= 0.6 is 0 Å². The number of hydrogen-bond donors (Lipinski definition) is 1. The summed E-state index contributed by atoms with van der Waals surface area (Å²) in [4.78, 5) is 0. The summed E-state index contributed by atoms with van der Waals surface area (Å²) in [5.74, 6) is 0.638. The lowest BCUT2D eigenvalue weighted by molar-refractivity contribution is 0.195. The van der Waals surface area contributed by atoms with Gasteiger partial charge in [0, 0.05) is 13.1 Å². The predicted molar refractivity (Wildman–Crippen MR) is 74.0 cm³/mol. The average molecular weight is 274 g/mol. The molecule has 2 rings (SSSR count). The highest BCUT2D eigenvalue weighted by atomic mass is 32.2. The van der Waals surface area contributed by atoms with E-state index in [4.69, 9.17) is 0 Å². The van der Waals surface area contributed by atoms with E-state index in [0.29, 0.717) is 30.2 Å². The van der Waals surface area contributed by atoms with Crippen molar-refractivity contribution >= 4 is 10.0 Å². The lowest BCUT2D eigenvalue weighted by atomic mass is 9.83. The van der Waals surface area contributed by atoms with Gasteiger partial charge in [0.25, 0.3) is 0 Å². The first-order valence-corrected chi connectivity index (χ1v) is 8.69. The number of nitrogens with one attached hydrogen (secondary N) is 1. The van der Waals surface area contributed by atoms with Crippen molar-refractivity contribution in [1.82, 2.24) is 9.62 Å². The first-order chi connectivity index (χ1) is 8.39. The Bertz CT molecular complexity index is 362. The molecule has 2 heterocycles. The Morgan fingerprint density at radius 3 is 2.50 bits per heavy atom. The SMILES string of the molecule is CC1(C)CCN(S(=O)(=O)CC2CCCNC2)CC1. The number of sulfonamides is 1. The summed E-state index contributed by atoms with van der Waals surface area (Å²) in [5.41, 5.74) is 0.304. The highest BCUT2D eigenvalue weighted by molar-refractivity contribution is 7.89. The molecule has 0 aliphatic carbocycles. The number of piperidine rings is 2. The molecular weight excluding hydrogens is 248 g/mol. The molecule has 0 aromatic rings. The zero-order chi connectivity index (χ0) is 13.2. The van der Waals surface area contributed by atoms with Crippen LogP contribution in [0.4, 0.5) is 0 Å². The molecule has 0 aromatic heterocycles. The Kier molecular flexibility index (Phi) is 4.34. The summed E-state index contributed by atoms with van der Waals surface area (Å²) >= 11 is 0. The molecule has 2 aliphatic heterocycles. The fourth-order valence-electron chi connectivity index (χ4n) is 2.84. The topological polar surface area (TPSA) is 49.4 Å². The molecule has 0 spiro atoms. The molecule has 0 amide bonds. The second-order valence-corrected chi connectivity index (χ2v) is 8.57. The van der Waals surface area contributed by atoms with E-state index in [1.807, 2.05) is 0 Å². The molecular formula is C13H26N2O2S. The second kappa shape index (κ2) is 5.47. The highest BCUT2D eigenvalue weighted by Gasteiger charge is 2.33. The van der Waals surface area contributed by atoms with E-state index in [1.165, 1.54) is 0 Å². The van der Waals surface area contributed by atoms with Gasteiger partial charge < -0.3 is 5.32 Å². The lowest BCUT2D eigenvalue weighted by Gasteiger charge is -2.37.